The van der Waals surface area contributed by atoms with Gasteiger partial charge in [-0.05, 0) is 25.1 Å². The molecule has 0 bridgehead atoms. The molecular weight excluding hydrogens is 346 g/mol. The van der Waals surface area contributed by atoms with Gasteiger partial charge in [-0.15, -0.1) is 0 Å². The van der Waals surface area contributed by atoms with E-state index >= 15 is 0 Å². The second-order valence-corrected chi connectivity index (χ2v) is 5.86. The molecule has 27 heavy (non-hydrogen) atoms. The lowest BCUT2D eigenvalue weighted by atomic mass is 10.1. The number of H-pyrrole nitrogens is 1. The summed E-state index contributed by atoms with van der Waals surface area (Å²) in [6.07, 6.45) is 1.62. The van der Waals surface area contributed by atoms with Crippen LogP contribution in [0.3, 0.4) is 0 Å². The third-order valence-electron chi connectivity index (χ3n) is 4.06. The van der Waals surface area contributed by atoms with Crippen molar-refractivity contribution in [3.05, 3.63) is 71.7 Å². The number of hydrogen-bond donors (Lipinski definition) is 3. The number of nitrogens with one attached hydrogen (secondary N) is 3. The number of rotatable bonds is 3. The van der Waals surface area contributed by atoms with Gasteiger partial charge in [0.15, 0.2) is 0 Å². The topological polar surface area (TPSA) is 113 Å². The van der Waals surface area contributed by atoms with Gasteiger partial charge >= 0.3 is 0 Å². The number of nitrogens with zero attached hydrogens (tertiary/aromatic N) is 2. The zero-order valence-corrected chi connectivity index (χ0v) is 14.3. The number of hydrogen-bond acceptors (Lipinski definition) is 5. The minimum Gasteiger partial charge on any atom is -0.357 e. The minimum absolute atomic E-state index is 0.259. The van der Waals surface area contributed by atoms with E-state index in [1.807, 2.05) is 30.3 Å². The molecule has 4 aromatic rings. The second kappa shape index (κ2) is 6.75. The summed E-state index contributed by atoms with van der Waals surface area (Å²) < 4.78 is 5.25. The summed E-state index contributed by atoms with van der Waals surface area (Å²) in [5, 5.41) is 4.40. The highest BCUT2D eigenvalue weighted by atomic mass is 16.5. The first-order valence-corrected chi connectivity index (χ1v) is 8.20. The Morgan fingerprint density at radius 1 is 1.04 bits per heavy atom. The van der Waals surface area contributed by atoms with E-state index in [9.17, 15) is 9.59 Å². The average molecular weight is 361 g/mol. The molecule has 3 aromatic heterocycles. The predicted octanol–water partition coefficient (Wildman–Crippen LogP) is 2.60. The van der Waals surface area contributed by atoms with Crippen LogP contribution >= 0.6 is 0 Å². The molecular formula is C19H15N5O3. The maximum atomic E-state index is 12.7. The number of pyridine rings is 1. The van der Waals surface area contributed by atoms with Gasteiger partial charge in [0.2, 0.25) is 0 Å². The zero-order valence-electron chi connectivity index (χ0n) is 14.3. The number of fused-ring (bicyclic) bond motifs is 1. The van der Waals surface area contributed by atoms with Crippen LogP contribution in [-0.2, 0) is 0 Å². The fourth-order valence-electron chi connectivity index (χ4n) is 2.75. The van der Waals surface area contributed by atoms with Crippen LogP contribution in [0, 0.1) is 6.92 Å². The van der Waals surface area contributed by atoms with Crippen LogP contribution in [0.15, 0.2) is 59.3 Å². The molecule has 8 nitrogen and oxygen atoms in total. The van der Waals surface area contributed by atoms with Crippen molar-refractivity contribution >= 4 is 22.9 Å². The third kappa shape index (κ3) is 3.15. The van der Waals surface area contributed by atoms with Crippen molar-refractivity contribution in [1.29, 1.82) is 0 Å². The largest absolute Gasteiger partial charge is 0.357 e. The van der Waals surface area contributed by atoms with Crippen molar-refractivity contribution in [1.82, 2.24) is 26.0 Å². The van der Waals surface area contributed by atoms with Crippen molar-refractivity contribution in [2.45, 2.75) is 6.92 Å². The quantitative estimate of drug-likeness (QED) is 0.486. The van der Waals surface area contributed by atoms with Gasteiger partial charge in [-0.25, -0.2) is 4.98 Å². The monoisotopic (exact) mass is 361 g/mol. The van der Waals surface area contributed by atoms with Gasteiger partial charge in [-0.1, -0.05) is 35.5 Å². The van der Waals surface area contributed by atoms with Crippen molar-refractivity contribution in [3.63, 3.8) is 0 Å². The Bertz CT molecular complexity index is 1120. The Balaban J connectivity index is 1.68. The number of carbonyl (C=O) groups is 2. The minimum atomic E-state index is -0.495. The van der Waals surface area contributed by atoms with Crippen LogP contribution in [-0.4, -0.2) is 26.9 Å². The molecule has 0 aliphatic heterocycles. The Morgan fingerprint density at radius 3 is 2.56 bits per heavy atom. The van der Waals surface area contributed by atoms with Crippen molar-refractivity contribution in [2.24, 2.45) is 0 Å². The van der Waals surface area contributed by atoms with E-state index in [4.69, 9.17) is 4.52 Å². The van der Waals surface area contributed by atoms with Gasteiger partial charge in [0.05, 0.1) is 22.3 Å². The Kier molecular flexibility index (Phi) is 4.13. The van der Waals surface area contributed by atoms with Gasteiger partial charge in [0.25, 0.3) is 17.5 Å². The summed E-state index contributed by atoms with van der Waals surface area (Å²) >= 11 is 0. The highest BCUT2D eigenvalue weighted by Gasteiger charge is 2.20. The van der Waals surface area contributed by atoms with E-state index in [0.717, 1.165) is 5.56 Å². The number of amides is 2. The first kappa shape index (κ1) is 16.5. The standard InChI is InChI=1S/C19H15N5O3/c1-11-16-13(17(25)22-23-18(26)14-8-5-9-20-14)10-15(21-19(16)27-24-11)12-6-3-2-4-7-12/h2-10,20H,1H3,(H,22,25)(H,23,26). The van der Waals surface area contributed by atoms with Crippen LogP contribution in [0.1, 0.15) is 26.5 Å². The molecule has 3 heterocycles. The van der Waals surface area contributed by atoms with Gasteiger partial charge in [0, 0.05) is 11.8 Å². The van der Waals surface area contributed by atoms with Crippen molar-refractivity contribution in [2.75, 3.05) is 0 Å². The molecule has 2 amide bonds. The van der Waals surface area contributed by atoms with E-state index in [2.05, 4.69) is 26.0 Å². The lowest BCUT2D eigenvalue weighted by Gasteiger charge is -2.09. The van der Waals surface area contributed by atoms with Crippen LogP contribution in [0.25, 0.3) is 22.4 Å². The summed E-state index contributed by atoms with van der Waals surface area (Å²) in [5.74, 6) is -0.949. The molecule has 134 valence electrons. The maximum absolute atomic E-state index is 12.7. The molecule has 8 heteroatoms. The average Bonchev–Trinajstić information content (AvgIpc) is 3.36. The highest BCUT2D eigenvalue weighted by molar-refractivity contribution is 6.07. The lowest BCUT2D eigenvalue weighted by Crippen LogP contribution is -2.41. The molecule has 0 aliphatic rings. The fraction of sp³-hybridized carbons (Fsp3) is 0.0526. The van der Waals surface area contributed by atoms with Crippen LogP contribution < -0.4 is 10.9 Å². The SMILES string of the molecule is Cc1noc2nc(-c3ccccc3)cc(C(=O)NNC(=O)c3ccc[nH]3)c12. The molecule has 0 unspecified atom stereocenters. The molecule has 0 radical (unpaired) electrons. The predicted molar refractivity (Wildman–Crippen MR) is 97.7 cm³/mol. The molecule has 0 atom stereocenters. The number of aromatic nitrogens is 3. The molecule has 0 saturated heterocycles. The number of carbonyl (C=O) groups excluding carboxylic acids is 2. The number of hydrazine groups is 1. The smallest absolute Gasteiger partial charge is 0.286 e. The maximum Gasteiger partial charge on any atom is 0.286 e. The molecule has 1 aromatic carbocycles. The van der Waals surface area contributed by atoms with E-state index in [-0.39, 0.29) is 5.71 Å². The van der Waals surface area contributed by atoms with E-state index in [1.165, 1.54) is 0 Å². The fourth-order valence-corrected chi connectivity index (χ4v) is 2.75. The lowest BCUT2D eigenvalue weighted by molar-refractivity contribution is 0.0845. The number of aryl methyl sites for hydroxylation is 1. The van der Waals surface area contributed by atoms with Crippen molar-refractivity contribution in [3.8, 4) is 11.3 Å². The normalized spacial score (nSPS) is 10.7. The van der Waals surface area contributed by atoms with E-state index < -0.39 is 11.8 Å². The van der Waals surface area contributed by atoms with Crippen LogP contribution in [0.4, 0.5) is 0 Å². The van der Waals surface area contributed by atoms with Crippen LogP contribution in [0.5, 0.6) is 0 Å². The summed E-state index contributed by atoms with van der Waals surface area (Å²) in [4.78, 5) is 32.0. The number of benzene rings is 1. The van der Waals surface area contributed by atoms with Gasteiger partial charge < -0.3 is 9.51 Å². The first-order chi connectivity index (χ1) is 13.1. The molecule has 0 saturated carbocycles. The Labute approximate surface area is 153 Å². The summed E-state index contributed by atoms with van der Waals surface area (Å²) in [7, 11) is 0. The Morgan fingerprint density at radius 2 is 1.81 bits per heavy atom. The molecule has 0 fully saturated rings. The Hall–Kier alpha value is -3.94. The third-order valence-corrected chi connectivity index (χ3v) is 4.06. The summed E-state index contributed by atoms with van der Waals surface area (Å²) in [6.45, 7) is 1.73. The molecule has 3 N–H and O–H groups in total. The van der Waals surface area contributed by atoms with E-state index in [1.54, 1.807) is 31.3 Å². The van der Waals surface area contributed by atoms with Crippen molar-refractivity contribution < 1.29 is 14.1 Å². The zero-order chi connectivity index (χ0) is 18.8. The van der Waals surface area contributed by atoms with Crippen LogP contribution in [0.2, 0.25) is 0 Å². The first-order valence-electron chi connectivity index (χ1n) is 8.20. The van der Waals surface area contributed by atoms with Gasteiger partial charge in [-0.3, -0.25) is 20.4 Å². The summed E-state index contributed by atoms with van der Waals surface area (Å²) in [6, 6.07) is 14.4. The van der Waals surface area contributed by atoms with Gasteiger partial charge in [-0.2, -0.15) is 0 Å². The molecule has 0 aliphatic carbocycles. The molecule has 0 spiro atoms. The molecule has 4 rings (SSSR count). The number of aromatic amines is 1. The van der Waals surface area contributed by atoms with E-state index in [0.29, 0.717) is 28.0 Å². The van der Waals surface area contributed by atoms with Gasteiger partial charge in [0.1, 0.15) is 5.69 Å². The summed E-state index contributed by atoms with van der Waals surface area (Å²) in [5.41, 5.74) is 7.64. The highest BCUT2D eigenvalue weighted by Crippen LogP contribution is 2.26. The second-order valence-electron chi connectivity index (χ2n) is 5.86.